The molecule has 1 aliphatic carbocycles. The second kappa shape index (κ2) is 11.5. The van der Waals surface area contributed by atoms with E-state index >= 15 is 0 Å². The summed E-state index contributed by atoms with van der Waals surface area (Å²) in [5.41, 5.74) is 1.15. The van der Waals surface area contributed by atoms with Gasteiger partial charge in [-0.2, -0.15) is 0 Å². The fourth-order valence-corrected chi connectivity index (χ4v) is 27.1. The Morgan fingerprint density at radius 3 is 2.03 bits per heavy atom. The van der Waals surface area contributed by atoms with Gasteiger partial charge >= 0.3 is 201 Å². The van der Waals surface area contributed by atoms with Gasteiger partial charge in [0.15, 0.2) is 0 Å². The first-order valence-electron chi connectivity index (χ1n) is 13.3. The molecule has 178 valence electrons. The van der Waals surface area contributed by atoms with E-state index in [0.29, 0.717) is 24.7 Å². The van der Waals surface area contributed by atoms with Crippen molar-refractivity contribution in [2.45, 2.75) is 115 Å². The molecule has 1 aromatic rings. The van der Waals surface area contributed by atoms with Crippen LogP contribution in [0.1, 0.15) is 91.0 Å². The minimum atomic E-state index is -2.95. The van der Waals surface area contributed by atoms with E-state index in [1.165, 1.54) is 51.8 Å². The zero-order chi connectivity index (χ0) is 23.2. The molecule has 1 amide bonds. The van der Waals surface area contributed by atoms with Gasteiger partial charge < -0.3 is 0 Å². The molecule has 0 bridgehead atoms. The molecule has 2 aliphatic rings. The predicted octanol–water partition coefficient (Wildman–Crippen LogP) is 7.38. The quantitative estimate of drug-likeness (QED) is 0.257. The fraction of sp³-hybridized carbons (Fsp3) is 0.714. The molecule has 0 unspecified atom stereocenters. The first-order chi connectivity index (χ1) is 15.4. The molecule has 32 heavy (non-hydrogen) atoms. The van der Waals surface area contributed by atoms with Crippen LogP contribution in [0.5, 0.6) is 0 Å². The average Bonchev–Trinajstić information content (AvgIpc) is 3.03. The number of amides is 1. The number of unbranched alkanes of at least 4 members (excludes halogenated alkanes) is 3. The van der Waals surface area contributed by atoms with Gasteiger partial charge in [-0.15, -0.1) is 0 Å². The summed E-state index contributed by atoms with van der Waals surface area (Å²) in [4.78, 5) is 29.9. The number of nitrogens with zero attached hydrogens (tertiary/aromatic N) is 1. The third kappa shape index (κ3) is 4.83. The zero-order valence-electron chi connectivity index (χ0n) is 21.0. The van der Waals surface area contributed by atoms with Crippen LogP contribution >= 0.6 is 0 Å². The maximum atomic E-state index is 14.5. The van der Waals surface area contributed by atoms with E-state index in [1.807, 2.05) is 18.2 Å². The van der Waals surface area contributed by atoms with Crippen LogP contribution in [0.3, 0.4) is 0 Å². The molecule has 2 fully saturated rings. The topological polar surface area (TPSA) is 37.4 Å². The predicted molar refractivity (Wildman–Crippen MR) is 136 cm³/mol. The third-order valence-electron chi connectivity index (χ3n) is 8.76. The van der Waals surface area contributed by atoms with Crippen molar-refractivity contribution in [2.75, 3.05) is 0 Å². The van der Waals surface area contributed by atoms with Crippen LogP contribution in [0.25, 0.3) is 0 Å². The first-order valence-corrected chi connectivity index (χ1v) is 20.8. The van der Waals surface area contributed by atoms with Gasteiger partial charge in [0, 0.05) is 0 Å². The number of Topliss-reactive ketones (excluding diaryl/α,β-unsaturated/α-hetero) is 1. The standard InChI is InChI=1S/C16H18NO2.3C4H9.Sn/c1-11-13-8-5-9-14(18)15(13)17(16(11)19)10-12-6-3-2-4-7-12;3*1-3-4-2;/h2-4,6-7,13,15H,5,8-10H2,1H3;3*1,3-4H2,2H3;/t13-,15-;;;;/m1..../s1. The summed E-state index contributed by atoms with van der Waals surface area (Å²) >= 11 is -2.95. The van der Waals surface area contributed by atoms with E-state index in [2.05, 4.69) is 44.7 Å². The normalized spacial score (nSPS) is 25.9. The van der Waals surface area contributed by atoms with E-state index in [-0.39, 0.29) is 15.4 Å². The molecular weight excluding hydrogens is 501 g/mol. The van der Waals surface area contributed by atoms with Crippen LogP contribution in [-0.4, -0.2) is 41.0 Å². The van der Waals surface area contributed by atoms with Gasteiger partial charge in [-0.3, -0.25) is 0 Å². The number of carbonyl (C=O) groups excluding carboxylic acids is 2. The zero-order valence-corrected chi connectivity index (χ0v) is 23.9. The Labute approximate surface area is 200 Å². The summed E-state index contributed by atoms with van der Waals surface area (Å²) in [6.07, 6.45) is 10.1. The molecule has 0 N–H and O–H groups in total. The number of likely N-dealkylation sites (tertiary alicyclic amines) is 1. The molecule has 1 heterocycles. The summed E-state index contributed by atoms with van der Waals surface area (Å²) in [6, 6.07) is 10.1. The maximum absolute atomic E-state index is 14.5. The van der Waals surface area contributed by atoms with Crippen molar-refractivity contribution < 1.29 is 9.59 Å². The number of fused-ring (bicyclic) bond motifs is 1. The molecule has 3 nitrogen and oxygen atoms in total. The van der Waals surface area contributed by atoms with Crippen molar-refractivity contribution in [1.29, 1.82) is 0 Å². The van der Waals surface area contributed by atoms with E-state index in [1.54, 1.807) is 0 Å². The van der Waals surface area contributed by atoms with Crippen LogP contribution in [0, 0.1) is 5.92 Å². The molecule has 0 aromatic heterocycles. The summed E-state index contributed by atoms with van der Waals surface area (Å²) < 4.78 is 3.74. The van der Waals surface area contributed by atoms with E-state index in [9.17, 15) is 9.59 Å². The van der Waals surface area contributed by atoms with Crippen LogP contribution in [0.4, 0.5) is 0 Å². The van der Waals surface area contributed by atoms with Gasteiger partial charge in [0.2, 0.25) is 0 Å². The Kier molecular flexibility index (Phi) is 9.29. The van der Waals surface area contributed by atoms with Gasteiger partial charge in [-0.25, -0.2) is 0 Å². The SMILES string of the molecule is CCC[CH2][Sn]([CH2]CCC)([CH2]CCC)[C@@]1(C)C(=O)N(Cc2ccccc2)[C@H]2C(=O)CCC[C@@H]21. The van der Waals surface area contributed by atoms with E-state index < -0.39 is 18.4 Å². The summed E-state index contributed by atoms with van der Waals surface area (Å²) in [6.45, 7) is 9.85. The number of hydrogen-bond acceptors (Lipinski definition) is 2. The molecule has 1 aromatic carbocycles. The average molecular weight is 546 g/mol. The minimum absolute atomic E-state index is 0.178. The summed E-state index contributed by atoms with van der Waals surface area (Å²) in [5.74, 6) is 0.933. The van der Waals surface area contributed by atoms with Gasteiger partial charge in [-0.05, 0) is 0 Å². The number of carbonyl (C=O) groups is 2. The summed E-state index contributed by atoms with van der Waals surface area (Å²) in [5, 5.41) is 0. The second-order valence-electron chi connectivity index (χ2n) is 10.6. The molecule has 3 rings (SSSR count). The van der Waals surface area contributed by atoms with Crippen molar-refractivity contribution >= 4 is 30.1 Å². The number of benzene rings is 1. The molecular formula is C28H45NO2Sn. The monoisotopic (exact) mass is 547 g/mol. The Balaban J connectivity index is 2.08. The Hall–Kier alpha value is -0.841. The molecule has 3 atom stereocenters. The van der Waals surface area contributed by atoms with Crippen molar-refractivity contribution in [3.05, 3.63) is 35.9 Å². The molecule has 0 spiro atoms. The Morgan fingerprint density at radius 2 is 1.50 bits per heavy atom. The van der Waals surface area contributed by atoms with Crippen LogP contribution in [0.15, 0.2) is 30.3 Å². The van der Waals surface area contributed by atoms with Crippen LogP contribution in [-0.2, 0) is 16.1 Å². The van der Waals surface area contributed by atoms with Crippen molar-refractivity contribution in [1.82, 2.24) is 4.90 Å². The molecule has 1 aliphatic heterocycles. The van der Waals surface area contributed by atoms with Crippen LogP contribution in [0.2, 0.25) is 16.7 Å². The fourth-order valence-electron chi connectivity index (χ4n) is 6.87. The van der Waals surface area contributed by atoms with E-state index in [0.717, 1.165) is 18.4 Å². The van der Waals surface area contributed by atoms with Gasteiger partial charge in [0.1, 0.15) is 0 Å². The Morgan fingerprint density at radius 1 is 0.938 bits per heavy atom. The third-order valence-corrected chi connectivity index (χ3v) is 27.9. The van der Waals surface area contributed by atoms with Crippen molar-refractivity contribution in [3.63, 3.8) is 0 Å². The molecule has 4 heteroatoms. The molecule has 0 radical (unpaired) electrons. The van der Waals surface area contributed by atoms with Gasteiger partial charge in [-0.1, -0.05) is 0 Å². The molecule has 1 saturated heterocycles. The van der Waals surface area contributed by atoms with Gasteiger partial charge in [0.05, 0.1) is 0 Å². The number of ketones is 1. The second-order valence-corrected chi connectivity index (χ2v) is 25.2. The van der Waals surface area contributed by atoms with Crippen molar-refractivity contribution in [2.24, 2.45) is 5.92 Å². The summed E-state index contributed by atoms with van der Waals surface area (Å²) in [7, 11) is 0. The van der Waals surface area contributed by atoms with Crippen LogP contribution < -0.4 is 0 Å². The molecule has 1 saturated carbocycles. The van der Waals surface area contributed by atoms with Gasteiger partial charge in [0.25, 0.3) is 0 Å². The van der Waals surface area contributed by atoms with Crippen molar-refractivity contribution in [3.8, 4) is 0 Å². The first kappa shape index (κ1) is 25.8. The number of hydrogen-bond donors (Lipinski definition) is 0. The number of rotatable bonds is 12. The van der Waals surface area contributed by atoms with E-state index in [4.69, 9.17) is 0 Å². The Bertz CT molecular complexity index is 742.